The van der Waals surface area contributed by atoms with Crippen LogP contribution < -0.4 is 10.2 Å². The number of hydrogen-bond donors (Lipinski definition) is 1. The lowest BCUT2D eigenvalue weighted by Crippen LogP contribution is -2.37. The van der Waals surface area contributed by atoms with Crippen molar-refractivity contribution in [2.24, 2.45) is 0 Å². The summed E-state index contributed by atoms with van der Waals surface area (Å²) in [6.07, 6.45) is 2.07. The van der Waals surface area contributed by atoms with Crippen molar-refractivity contribution in [2.75, 3.05) is 16.8 Å². The largest absolute Gasteiger partial charge is 0.324 e. The Morgan fingerprint density at radius 2 is 1.73 bits per heavy atom. The van der Waals surface area contributed by atoms with Crippen molar-refractivity contribution in [3.8, 4) is 0 Å². The number of aryl methyl sites for hydroxylation is 1. The highest BCUT2D eigenvalue weighted by Gasteiger charge is 2.32. The van der Waals surface area contributed by atoms with E-state index in [0.717, 1.165) is 28.1 Å². The maximum Gasteiger partial charge on any atom is 0.251 e. The Kier molecular flexibility index (Phi) is 5.62. The predicted octanol–water partition coefficient (Wildman–Crippen LogP) is 4.72. The number of halogens is 1. The van der Waals surface area contributed by atoms with Gasteiger partial charge >= 0.3 is 0 Å². The Bertz CT molecular complexity index is 1320. The molecule has 1 atom stereocenters. The number of allylic oxidation sites excluding steroid dienone is 1. The van der Waals surface area contributed by atoms with Gasteiger partial charge in [-0.25, -0.2) is 0 Å². The molecule has 3 aromatic carbocycles. The highest BCUT2D eigenvalue weighted by molar-refractivity contribution is 6.30. The quantitative estimate of drug-likeness (QED) is 0.470. The van der Waals surface area contributed by atoms with Gasteiger partial charge in [-0.3, -0.25) is 9.69 Å². The number of anilines is 2. The topological polar surface area (TPSA) is 75.9 Å². The van der Waals surface area contributed by atoms with E-state index >= 15 is 0 Å². The van der Waals surface area contributed by atoms with Crippen LogP contribution in [0.1, 0.15) is 22.7 Å². The van der Waals surface area contributed by atoms with Crippen molar-refractivity contribution in [2.45, 2.75) is 13.0 Å². The van der Waals surface area contributed by atoms with Crippen molar-refractivity contribution in [3.05, 3.63) is 107 Å². The lowest BCUT2D eigenvalue weighted by Gasteiger charge is -2.32. The average molecular weight is 457 g/mol. The summed E-state index contributed by atoms with van der Waals surface area (Å²) in [6.45, 7) is 2.02. The molecule has 1 aromatic heterocycles. The number of nitrogens with zero attached hydrogens (tertiary/aromatic N) is 5. The van der Waals surface area contributed by atoms with Gasteiger partial charge < -0.3 is 5.32 Å². The molecular weight excluding hydrogens is 436 g/mol. The molecule has 1 amide bonds. The molecule has 8 heteroatoms. The Morgan fingerprint density at radius 3 is 2.48 bits per heavy atom. The molecule has 1 aliphatic heterocycles. The van der Waals surface area contributed by atoms with Gasteiger partial charge in [-0.05, 0) is 58.3 Å². The van der Waals surface area contributed by atoms with E-state index in [1.807, 2.05) is 90.7 Å². The number of fused-ring (bicyclic) bond motifs is 1. The SMILES string of the molecule is Cc1ccccc1NC(=O)CN1C(c2ccccc2)=CC(c2ccc(Cl)cc2)n2nnnc21. The van der Waals surface area contributed by atoms with Crippen LogP contribution in [0.15, 0.2) is 84.9 Å². The molecule has 1 unspecified atom stereocenters. The van der Waals surface area contributed by atoms with Gasteiger partial charge in [0.15, 0.2) is 0 Å². The van der Waals surface area contributed by atoms with Crippen molar-refractivity contribution in [1.82, 2.24) is 20.2 Å². The van der Waals surface area contributed by atoms with Crippen LogP contribution in [0.2, 0.25) is 5.02 Å². The van der Waals surface area contributed by atoms with Crippen molar-refractivity contribution in [1.29, 1.82) is 0 Å². The molecule has 0 saturated heterocycles. The summed E-state index contributed by atoms with van der Waals surface area (Å²) in [5.74, 6) is 0.335. The third-order valence-corrected chi connectivity index (χ3v) is 5.84. The number of rotatable bonds is 5. The number of hydrogen-bond acceptors (Lipinski definition) is 5. The van der Waals surface area contributed by atoms with Crippen LogP contribution in [0.3, 0.4) is 0 Å². The third-order valence-electron chi connectivity index (χ3n) is 5.59. The van der Waals surface area contributed by atoms with Gasteiger partial charge in [0.2, 0.25) is 5.91 Å². The number of carbonyl (C=O) groups excluding carboxylic acids is 1. The fourth-order valence-electron chi connectivity index (χ4n) is 3.93. The molecule has 5 rings (SSSR count). The van der Waals surface area contributed by atoms with Crippen LogP contribution in [-0.2, 0) is 4.79 Å². The summed E-state index contributed by atoms with van der Waals surface area (Å²) in [5.41, 5.74) is 4.59. The molecule has 0 fully saturated rings. The van der Waals surface area contributed by atoms with E-state index in [1.165, 1.54) is 0 Å². The number of para-hydroxylation sites is 1. The van der Waals surface area contributed by atoms with Crippen molar-refractivity contribution >= 4 is 34.8 Å². The van der Waals surface area contributed by atoms with Gasteiger partial charge in [0.05, 0.1) is 5.70 Å². The molecule has 0 bridgehead atoms. The summed E-state index contributed by atoms with van der Waals surface area (Å²) < 4.78 is 1.72. The summed E-state index contributed by atoms with van der Waals surface area (Å²) >= 11 is 6.10. The van der Waals surface area contributed by atoms with E-state index in [0.29, 0.717) is 11.0 Å². The summed E-state index contributed by atoms with van der Waals surface area (Å²) in [7, 11) is 0. The Hall–Kier alpha value is -3.97. The number of carbonyl (C=O) groups is 1. The lowest BCUT2D eigenvalue weighted by atomic mass is 10.0. The summed E-state index contributed by atoms with van der Waals surface area (Å²) in [5, 5.41) is 16.1. The number of aromatic nitrogens is 4. The first-order valence-corrected chi connectivity index (χ1v) is 10.9. The third kappa shape index (κ3) is 4.23. The van der Waals surface area contributed by atoms with Gasteiger partial charge in [0.1, 0.15) is 12.6 Å². The van der Waals surface area contributed by atoms with Gasteiger partial charge in [0, 0.05) is 10.7 Å². The van der Waals surface area contributed by atoms with Gasteiger partial charge in [-0.1, -0.05) is 77.4 Å². The van der Waals surface area contributed by atoms with Crippen LogP contribution in [0.4, 0.5) is 11.6 Å². The van der Waals surface area contributed by atoms with Gasteiger partial charge in [-0.15, -0.1) is 0 Å². The summed E-state index contributed by atoms with van der Waals surface area (Å²) in [4.78, 5) is 14.9. The molecular formula is C25H21ClN6O. The molecule has 4 aromatic rings. The van der Waals surface area contributed by atoms with E-state index in [1.54, 1.807) is 4.68 Å². The zero-order valence-corrected chi connectivity index (χ0v) is 18.6. The molecule has 0 radical (unpaired) electrons. The van der Waals surface area contributed by atoms with Gasteiger partial charge in [-0.2, -0.15) is 4.68 Å². The van der Waals surface area contributed by atoms with E-state index in [2.05, 4.69) is 26.9 Å². The standard InChI is InChI=1S/C25H21ClN6O/c1-17-7-5-6-10-21(17)27-24(33)16-31-22(18-8-3-2-4-9-18)15-23(32-25(31)28-29-30-32)19-11-13-20(26)14-12-19/h2-15,23H,16H2,1H3,(H,27,33). The minimum atomic E-state index is -0.238. The molecule has 164 valence electrons. The average Bonchev–Trinajstić information content (AvgIpc) is 3.32. The smallest absolute Gasteiger partial charge is 0.251 e. The second-order valence-corrected chi connectivity index (χ2v) is 8.22. The van der Waals surface area contributed by atoms with Crippen molar-refractivity contribution in [3.63, 3.8) is 0 Å². The zero-order valence-electron chi connectivity index (χ0n) is 17.9. The monoisotopic (exact) mass is 456 g/mol. The first kappa shape index (κ1) is 20.9. The predicted molar refractivity (Wildman–Crippen MR) is 129 cm³/mol. The zero-order chi connectivity index (χ0) is 22.8. The lowest BCUT2D eigenvalue weighted by molar-refractivity contribution is -0.114. The van der Waals surface area contributed by atoms with Crippen LogP contribution in [0, 0.1) is 6.92 Å². The van der Waals surface area contributed by atoms with Crippen LogP contribution in [-0.4, -0.2) is 32.7 Å². The number of benzene rings is 3. The first-order valence-electron chi connectivity index (χ1n) is 10.5. The molecule has 1 aliphatic rings. The minimum absolute atomic E-state index is 0.0583. The molecule has 1 N–H and O–H groups in total. The van der Waals surface area contributed by atoms with Crippen LogP contribution in [0.25, 0.3) is 5.70 Å². The van der Waals surface area contributed by atoms with E-state index < -0.39 is 0 Å². The van der Waals surface area contributed by atoms with Crippen LogP contribution >= 0.6 is 11.6 Å². The number of amides is 1. The van der Waals surface area contributed by atoms with Gasteiger partial charge in [0.25, 0.3) is 5.95 Å². The second-order valence-electron chi connectivity index (χ2n) is 7.79. The number of nitrogens with one attached hydrogen (secondary N) is 1. The maximum atomic E-state index is 13.1. The fourth-order valence-corrected chi connectivity index (χ4v) is 4.05. The van der Waals surface area contributed by atoms with Crippen LogP contribution in [0.5, 0.6) is 0 Å². The number of tetrazole rings is 1. The minimum Gasteiger partial charge on any atom is -0.324 e. The van der Waals surface area contributed by atoms with E-state index in [-0.39, 0.29) is 18.5 Å². The van der Waals surface area contributed by atoms with E-state index in [9.17, 15) is 4.79 Å². The maximum absolute atomic E-state index is 13.1. The second kappa shape index (κ2) is 8.88. The molecule has 33 heavy (non-hydrogen) atoms. The van der Waals surface area contributed by atoms with Crippen molar-refractivity contribution < 1.29 is 4.79 Å². The summed E-state index contributed by atoms with van der Waals surface area (Å²) in [6, 6.07) is 25.0. The Morgan fingerprint density at radius 1 is 1.00 bits per heavy atom. The highest BCUT2D eigenvalue weighted by atomic mass is 35.5. The molecule has 7 nitrogen and oxygen atoms in total. The first-order chi connectivity index (χ1) is 16.1. The molecule has 0 saturated carbocycles. The highest BCUT2D eigenvalue weighted by Crippen LogP contribution is 2.36. The normalized spacial score (nSPS) is 15.0. The Labute approximate surface area is 196 Å². The molecule has 0 spiro atoms. The fraction of sp³-hybridized carbons (Fsp3) is 0.120. The molecule has 0 aliphatic carbocycles. The Balaban J connectivity index is 1.53. The van der Waals surface area contributed by atoms with E-state index in [4.69, 9.17) is 11.6 Å². The molecule has 2 heterocycles.